The number of nitrogens with zero attached hydrogens (tertiary/aromatic N) is 4. The average molecular weight is 488 g/mol. The monoisotopic (exact) mass is 487 g/mol. The fourth-order valence-electron chi connectivity index (χ4n) is 4.96. The summed E-state index contributed by atoms with van der Waals surface area (Å²) in [5, 5.41) is 0. The second-order valence-corrected chi connectivity index (χ2v) is 9.34. The van der Waals surface area contributed by atoms with Crippen molar-refractivity contribution in [2.45, 2.75) is 13.0 Å². The second kappa shape index (κ2) is 9.58. The quantitative estimate of drug-likeness (QED) is 0.568. The largest absolute Gasteiger partial charge is 0.454 e. The predicted octanol–water partition coefficient (Wildman–Crippen LogP) is 2.89. The Bertz CT molecular complexity index is 1260. The van der Waals surface area contributed by atoms with Gasteiger partial charge in [-0.25, -0.2) is 4.98 Å². The number of carbonyl (C=O) groups excluding carboxylic acids is 1. The van der Waals surface area contributed by atoms with E-state index in [1.165, 1.54) is 11.1 Å². The van der Waals surface area contributed by atoms with Crippen LogP contribution >= 0.6 is 0 Å². The fraction of sp³-hybridized carbons (Fsp3) is 0.333. The van der Waals surface area contributed by atoms with Gasteiger partial charge in [-0.2, -0.15) is 0 Å². The summed E-state index contributed by atoms with van der Waals surface area (Å²) in [7, 11) is 0. The number of anilines is 2. The van der Waals surface area contributed by atoms with Crippen molar-refractivity contribution in [1.29, 1.82) is 0 Å². The molecule has 186 valence electrons. The third kappa shape index (κ3) is 4.74. The molecule has 3 aromatic rings. The molecule has 4 heterocycles. The van der Waals surface area contributed by atoms with Crippen LogP contribution in [-0.2, 0) is 17.8 Å². The van der Waals surface area contributed by atoms with E-state index in [2.05, 4.69) is 20.9 Å². The van der Waals surface area contributed by atoms with Crippen LogP contribution in [0.15, 0.2) is 54.7 Å². The number of aromatic nitrogens is 1. The number of pyridine rings is 1. The Morgan fingerprint density at radius 2 is 1.83 bits per heavy atom. The zero-order chi connectivity index (χ0) is 24.5. The van der Waals surface area contributed by atoms with E-state index in [0.29, 0.717) is 18.1 Å². The predicted molar refractivity (Wildman–Crippen MR) is 136 cm³/mol. The lowest BCUT2D eigenvalue weighted by Gasteiger charge is -2.35. The third-order valence-electron chi connectivity index (χ3n) is 6.92. The van der Waals surface area contributed by atoms with E-state index in [9.17, 15) is 4.79 Å². The van der Waals surface area contributed by atoms with Crippen LogP contribution in [0.3, 0.4) is 0 Å². The molecule has 1 aromatic heterocycles. The normalized spacial score (nSPS) is 16.8. The van der Waals surface area contributed by atoms with Gasteiger partial charge in [0.05, 0.1) is 18.4 Å². The topological polar surface area (TPSA) is 93.4 Å². The molecule has 0 radical (unpaired) electrons. The maximum Gasteiger partial charge on any atom is 0.242 e. The maximum absolute atomic E-state index is 13.1. The Labute approximate surface area is 210 Å². The molecule has 9 heteroatoms. The zero-order valence-corrected chi connectivity index (χ0v) is 20.1. The molecular formula is C27H29N5O4. The van der Waals surface area contributed by atoms with Crippen LogP contribution in [0.25, 0.3) is 0 Å². The SMILES string of the molecule is Nc1ccc(Oc2ccc3c(c2)CCN3CC(=O)N2CCN(Cc3ccc4c(c3)OCO4)CC2)nc1. The summed E-state index contributed by atoms with van der Waals surface area (Å²) in [5.74, 6) is 3.04. The molecule has 0 unspecified atom stereocenters. The minimum atomic E-state index is 0.178. The smallest absolute Gasteiger partial charge is 0.242 e. The summed E-state index contributed by atoms with van der Waals surface area (Å²) in [5.41, 5.74) is 9.77. The highest BCUT2D eigenvalue weighted by molar-refractivity contribution is 5.82. The number of fused-ring (bicyclic) bond motifs is 2. The molecule has 2 aromatic carbocycles. The van der Waals surface area contributed by atoms with Crippen molar-refractivity contribution in [1.82, 2.24) is 14.8 Å². The molecule has 1 saturated heterocycles. The van der Waals surface area contributed by atoms with Crippen LogP contribution in [-0.4, -0.2) is 66.8 Å². The Morgan fingerprint density at radius 1 is 0.972 bits per heavy atom. The van der Waals surface area contributed by atoms with E-state index in [0.717, 1.165) is 68.6 Å². The number of nitrogens with two attached hydrogens (primary N) is 1. The Balaban J connectivity index is 1.01. The summed E-state index contributed by atoms with van der Waals surface area (Å²) in [6.07, 6.45) is 2.46. The van der Waals surface area contributed by atoms with Gasteiger partial charge in [0, 0.05) is 51.0 Å². The molecule has 3 aliphatic rings. The van der Waals surface area contributed by atoms with Crippen molar-refractivity contribution in [3.05, 3.63) is 65.9 Å². The van der Waals surface area contributed by atoms with Gasteiger partial charge in [-0.1, -0.05) is 6.07 Å². The van der Waals surface area contributed by atoms with Gasteiger partial charge in [-0.15, -0.1) is 0 Å². The minimum Gasteiger partial charge on any atom is -0.454 e. The second-order valence-electron chi connectivity index (χ2n) is 9.34. The van der Waals surface area contributed by atoms with Gasteiger partial charge in [0.25, 0.3) is 0 Å². The van der Waals surface area contributed by atoms with Gasteiger partial charge in [0.15, 0.2) is 11.5 Å². The summed E-state index contributed by atoms with van der Waals surface area (Å²) in [4.78, 5) is 23.8. The van der Waals surface area contributed by atoms with E-state index < -0.39 is 0 Å². The van der Waals surface area contributed by atoms with Crippen LogP contribution in [0.2, 0.25) is 0 Å². The van der Waals surface area contributed by atoms with E-state index in [1.54, 1.807) is 18.3 Å². The van der Waals surface area contributed by atoms with Crippen LogP contribution in [0.5, 0.6) is 23.1 Å². The first-order chi connectivity index (χ1) is 17.6. The van der Waals surface area contributed by atoms with Crippen LogP contribution in [0.4, 0.5) is 11.4 Å². The lowest BCUT2D eigenvalue weighted by atomic mass is 10.1. The number of ether oxygens (including phenoxy) is 3. The van der Waals surface area contributed by atoms with Crippen molar-refractivity contribution in [3.8, 4) is 23.1 Å². The van der Waals surface area contributed by atoms with Crippen LogP contribution in [0, 0.1) is 0 Å². The minimum absolute atomic E-state index is 0.178. The molecule has 36 heavy (non-hydrogen) atoms. The van der Waals surface area contributed by atoms with E-state index in [4.69, 9.17) is 19.9 Å². The van der Waals surface area contributed by atoms with Crippen LogP contribution < -0.4 is 24.8 Å². The molecule has 0 spiro atoms. The van der Waals surface area contributed by atoms with Gasteiger partial charge in [0.1, 0.15) is 5.75 Å². The number of piperazine rings is 1. The Hall–Kier alpha value is -3.98. The number of amides is 1. The average Bonchev–Trinajstić information content (AvgIpc) is 3.52. The molecule has 1 fully saturated rings. The Kier molecular flexibility index (Phi) is 5.98. The highest BCUT2D eigenvalue weighted by atomic mass is 16.7. The summed E-state index contributed by atoms with van der Waals surface area (Å²) < 4.78 is 16.8. The number of hydrogen-bond donors (Lipinski definition) is 1. The highest BCUT2D eigenvalue weighted by Gasteiger charge is 2.26. The summed E-state index contributed by atoms with van der Waals surface area (Å²) >= 11 is 0. The van der Waals surface area contributed by atoms with Gasteiger partial charge < -0.3 is 29.7 Å². The molecule has 0 saturated carbocycles. The molecule has 3 aliphatic heterocycles. The van der Waals surface area contributed by atoms with Gasteiger partial charge in [-0.3, -0.25) is 9.69 Å². The molecule has 2 N–H and O–H groups in total. The van der Waals surface area contributed by atoms with Crippen molar-refractivity contribution in [2.24, 2.45) is 0 Å². The summed E-state index contributed by atoms with van der Waals surface area (Å²) in [6.45, 7) is 5.55. The van der Waals surface area contributed by atoms with Crippen molar-refractivity contribution >= 4 is 17.3 Å². The molecular weight excluding hydrogens is 458 g/mol. The Morgan fingerprint density at radius 3 is 2.67 bits per heavy atom. The van der Waals surface area contributed by atoms with Crippen molar-refractivity contribution in [2.75, 3.05) is 56.7 Å². The number of rotatable bonds is 6. The number of benzene rings is 2. The van der Waals surface area contributed by atoms with Gasteiger partial charge >= 0.3 is 0 Å². The lowest BCUT2D eigenvalue weighted by molar-refractivity contribution is -0.131. The molecule has 1 amide bonds. The maximum atomic E-state index is 13.1. The highest BCUT2D eigenvalue weighted by Crippen LogP contribution is 2.34. The molecule has 9 nitrogen and oxygen atoms in total. The van der Waals surface area contributed by atoms with E-state index in [1.807, 2.05) is 35.2 Å². The molecule has 0 atom stereocenters. The molecule has 0 bridgehead atoms. The zero-order valence-electron chi connectivity index (χ0n) is 20.1. The third-order valence-corrected chi connectivity index (χ3v) is 6.92. The number of hydrogen-bond acceptors (Lipinski definition) is 8. The van der Waals surface area contributed by atoms with Crippen LogP contribution in [0.1, 0.15) is 11.1 Å². The van der Waals surface area contributed by atoms with E-state index >= 15 is 0 Å². The fourth-order valence-corrected chi connectivity index (χ4v) is 4.96. The summed E-state index contributed by atoms with van der Waals surface area (Å²) in [6, 6.07) is 15.6. The van der Waals surface area contributed by atoms with Gasteiger partial charge in [-0.05, 0) is 53.9 Å². The van der Waals surface area contributed by atoms with Gasteiger partial charge in [0.2, 0.25) is 18.6 Å². The number of carbonyl (C=O) groups is 1. The molecule has 6 rings (SSSR count). The van der Waals surface area contributed by atoms with Crippen molar-refractivity contribution in [3.63, 3.8) is 0 Å². The van der Waals surface area contributed by atoms with E-state index in [-0.39, 0.29) is 12.7 Å². The lowest BCUT2D eigenvalue weighted by Crippen LogP contribution is -2.50. The first kappa shape index (κ1) is 22.5. The standard InChI is InChI=1S/C27H29N5O4/c28-21-2-6-26(29-15-21)36-22-3-4-23-20(14-22)7-8-32(23)17-27(33)31-11-9-30(10-12-31)16-19-1-5-24-25(13-19)35-18-34-24/h1-6,13-15H,7-12,16-18,28H2. The first-order valence-electron chi connectivity index (χ1n) is 12.3. The van der Waals surface area contributed by atoms with Crippen molar-refractivity contribution < 1.29 is 19.0 Å². The first-order valence-corrected chi connectivity index (χ1v) is 12.3. The number of nitrogen functional groups attached to an aromatic ring is 1. The molecule has 0 aliphatic carbocycles.